The van der Waals surface area contributed by atoms with Crippen molar-refractivity contribution in [2.75, 3.05) is 52.3 Å². The van der Waals surface area contributed by atoms with Crippen molar-refractivity contribution >= 4 is 22.8 Å². The Bertz CT molecular complexity index is 1200. The maximum Gasteiger partial charge on any atom is 0.321 e. The first-order valence-electron chi connectivity index (χ1n) is 13.6. The van der Waals surface area contributed by atoms with E-state index in [1.165, 1.54) is 6.07 Å². The van der Waals surface area contributed by atoms with Gasteiger partial charge in [-0.15, -0.1) is 0 Å². The highest BCUT2D eigenvalue weighted by atomic mass is 19.1. The van der Waals surface area contributed by atoms with Crippen LogP contribution in [0.15, 0.2) is 18.3 Å². The molecule has 2 aromatic heterocycles. The number of nitrogens with one attached hydrogen (secondary N) is 2. The Balaban J connectivity index is 1.63. The van der Waals surface area contributed by atoms with Gasteiger partial charge in [-0.1, -0.05) is 13.8 Å². The smallest absolute Gasteiger partial charge is 0.321 e. The molecule has 4 rings (SSSR count). The van der Waals surface area contributed by atoms with Crippen molar-refractivity contribution in [2.24, 2.45) is 0 Å². The first-order valence-corrected chi connectivity index (χ1v) is 13.6. The van der Waals surface area contributed by atoms with E-state index in [0.717, 1.165) is 45.1 Å². The normalized spacial score (nSPS) is 15.8. The fourth-order valence-corrected chi connectivity index (χ4v) is 4.58. The maximum atomic E-state index is 14.8. The van der Waals surface area contributed by atoms with Crippen LogP contribution in [0.5, 0.6) is 5.75 Å². The molecule has 0 aliphatic carbocycles. The molecule has 1 saturated heterocycles. The van der Waals surface area contributed by atoms with Crippen molar-refractivity contribution in [1.29, 1.82) is 0 Å². The van der Waals surface area contributed by atoms with Gasteiger partial charge in [0.05, 0.1) is 29.5 Å². The van der Waals surface area contributed by atoms with E-state index in [1.54, 1.807) is 21.8 Å². The fraction of sp³-hybridized carbons (Fsp3) is 0.593. The van der Waals surface area contributed by atoms with E-state index in [2.05, 4.69) is 20.2 Å². The molecule has 2 amide bonds. The minimum absolute atomic E-state index is 0.177. The van der Waals surface area contributed by atoms with E-state index >= 15 is 0 Å². The second kappa shape index (κ2) is 13.1. The van der Waals surface area contributed by atoms with E-state index in [1.807, 2.05) is 27.9 Å². The maximum absolute atomic E-state index is 14.8. The van der Waals surface area contributed by atoms with Gasteiger partial charge in [-0.25, -0.2) is 18.9 Å². The topological polar surface area (TPSA) is 101 Å². The number of ether oxygens (including phenoxy) is 2. The number of nitrogens with zero attached hydrogens (tertiary/aromatic N) is 5. The predicted octanol–water partition coefficient (Wildman–Crippen LogP) is 5.25. The Morgan fingerprint density at radius 3 is 2.71 bits per heavy atom. The van der Waals surface area contributed by atoms with Crippen molar-refractivity contribution in [1.82, 2.24) is 29.5 Å². The summed E-state index contributed by atoms with van der Waals surface area (Å²) in [6, 6.07) is 2.80. The lowest BCUT2D eigenvalue weighted by Gasteiger charge is -2.22. The third-order valence-electron chi connectivity index (χ3n) is 6.47. The van der Waals surface area contributed by atoms with Crippen molar-refractivity contribution < 1.29 is 18.7 Å². The number of aromatic amines is 1. The van der Waals surface area contributed by atoms with Gasteiger partial charge in [0.15, 0.2) is 23.1 Å². The van der Waals surface area contributed by atoms with Crippen molar-refractivity contribution in [3.63, 3.8) is 0 Å². The van der Waals surface area contributed by atoms with Crippen LogP contribution in [0.3, 0.4) is 0 Å². The number of carbonyl (C=O) groups excluding carboxylic acids is 1. The molecule has 0 bridgehead atoms. The SMILES string of the molecule is CCCN(CCC)C(=O)Nc1cn(C2CCCCO2)nc1-c1nc2cc(F)c(OCCCN(C)C)cc2[nH]1. The van der Waals surface area contributed by atoms with Gasteiger partial charge >= 0.3 is 6.03 Å². The van der Waals surface area contributed by atoms with Gasteiger partial charge in [-0.2, -0.15) is 5.10 Å². The number of halogens is 1. The summed E-state index contributed by atoms with van der Waals surface area (Å²) in [6.45, 7) is 7.36. The Kier molecular flexibility index (Phi) is 9.57. The Hall–Kier alpha value is -3.18. The number of benzene rings is 1. The third kappa shape index (κ3) is 6.82. The first kappa shape index (κ1) is 27.8. The van der Waals surface area contributed by atoms with E-state index in [9.17, 15) is 9.18 Å². The summed E-state index contributed by atoms with van der Waals surface area (Å²) >= 11 is 0. The number of urea groups is 1. The van der Waals surface area contributed by atoms with E-state index < -0.39 is 5.82 Å². The lowest BCUT2D eigenvalue weighted by molar-refractivity contribution is -0.0393. The lowest BCUT2D eigenvalue weighted by Crippen LogP contribution is -2.36. The fourth-order valence-electron chi connectivity index (χ4n) is 4.58. The zero-order chi connectivity index (χ0) is 27.1. The van der Waals surface area contributed by atoms with Gasteiger partial charge in [0.25, 0.3) is 0 Å². The highest BCUT2D eigenvalue weighted by Gasteiger charge is 2.24. The van der Waals surface area contributed by atoms with E-state index in [4.69, 9.17) is 14.6 Å². The van der Waals surface area contributed by atoms with Gasteiger partial charge in [-0.3, -0.25) is 0 Å². The van der Waals surface area contributed by atoms with Crippen LogP contribution in [-0.2, 0) is 4.74 Å². The monoisotopic (exact) mass is 529 g/mol. The van der Waals surface area contributed by atoms with Gasteiger partial charge in [0.2, 0.25) is 0 Å². The van der Waals surface area contributed by atoms with Crippen LogP contribution in [0.1, 0.15) is 58.6 Å². The highest BCUT2D eigenvalue weighted by molar-refractivity contribution is 5.93. The molecule has 1 aromatic carbocycles. The molecule has 0 radical (unpaired) electrons. The molecule has 0 saturated carbocycles. The number of anilines is 1. The van der Waals surface area contributed by atoms with Crippen molar-refractivity contribution in [2.45, 2.75) is 58.6 Å². The second-order valence-electron chi connectivity index (χ2n) is 10.0. The molecule has 3 aromatic rings. The summed E-state index contributed by atoms with van der Waals surface area (Å²) in [5, 5.41) is 7.79. The molecule has 2 N–H and O–H groups in total. The predicted molar refractivity (Wildman–Crippen MR) is 146 cm³/mol. The highest BCUT2D eigenvalue weighted by Crippen LogP contribution is 2.32. The molecule has 0 spiro atoms. The van der Waals surface area contributed by atoms with Crippen LogP contribution in [-0.4, -0.2) is 82.5 Å². The number of fused-ring (bicyclic) bond motifs is 1. The average Bonchev–Trinajstić information content (AvgIpc) is 3.50. The number of carbonyl (C=O) groups is 1. The standard InChI is InChI=1S/C27H40FN7O3/c1-5-11-34(12-6-2)27(36)31-22-18-35(24-10-7-8-14-38-24)32-25(22)26-29-20-16-19(28)23(17-21(20)30-26)37-15-9-13-33(3)4/h16-18,24H,5-15H2,1-4H3,(H,29,30)(H,31,36). The molecule has 10 nitrogen and oxygen atoms in total. The van der Waals surface area contributed by atoms with Gasteiger partial charge in [-0.05, 0) is 52.6 Å². The van der Waals surface area contributed by atoms with E-state index in [0.29, 0.717) is 54.5 Å². The number of amides is 2. The number of hydrogen-bond acceptors (Lipinski definition) is 6. The molecule has 1 atom stereocenters. The van der Waals surface area contributed by atoms with Gasteiger partial charge in [0.1, 0.15) is 6.23 Å². The summed E-state index contributed by atoms with van der Waals surface area (Å²) in [5.74, 6) is 0.146. The Labute approximate surface area is 223 Å². The van der Waals surface area contributed by atoms with Crippen LogP contribution >= 0.6 is 0 Å². The number of rotatable bonds is 12. The second-order valence-corrected chi connectivity index (χ2v) is 10.0. The van der Waals surface area contributed by atoms with Gasteiger partial charge in [0, 0.05) is 38.4 Å². The minimum Gasteiger partial charge on any atom is -0.490 e. The number of H-pyrrole nitrogens is 1. The summed E-state index contributed by atoms with van der Waals surface area (Å²) < 4.78 is 28.1. The number of imidazole rings is 1. The minimum atomic E-state index is -0.468. The molecule has 11 heteroatoms. The third-order valence-corrected chi connectivity index (χ3v) is 6.47. The van der Waals surface area contributed by atoms with Crippen LogP contribution < -0.4 is 10.1 Å². The number of hydrogen-bond donors (Lipinski definition) is 2. The molecule has 1 fully saturated rings. The Morgan fingerprint density at radius 2 is 2.03 bits per heavy atom. The first-order chi connectivity index (χ1) is 18.4. The van der Waals surface area contributed by atoms with E-state index in [-0.39, 0.29) is 18.0 Å². The molecule has 3 heterocycles. The molecule has 1 aliphatic rings. The summed E-state index contributed by atoms with van der Waals surface area (Å²) in [7, 11) is 3.98. The molecular formula is C27H40FN7O3. The van der Waals surface area contributed by atoms with Crippen LogP contribution in [0.2, 0.25) is 0 Å². The summed E-state index contributed by atoms with van der Waals surface area (Å²) in [6.07, 6.45) is 7.01. The zero-order valence-corrected chi connectivity index (χ0v) is 22.9. The van der Waals surface area contributed by atoms with Crippen molar-refractivity contribution in [3.05, 3.63) is 24.1 Å². The number of aromatic nitrogens is 4. The summed E-state index contributed by atoms with van der Waals surface area (Å²) in [5.41, 5.74) is 2.09. The molecular weight excluding hydrogens is 489 g/mol. The van der Waals surface area contributed by atoms with Crippen LogP contribution in [0, 0.1) is 5.82 Å². The molecule has 1 unspecified atom stereocenters. The zero-order valence-electron chi connectivity index (χ0n) is 22.9. The molecule has 1 aliphatic heterocycles. The van der Waals surface area contributed by atoms with Crippen molar-refractivity contribution in [3.8, 4) is 17.3 Å². The quantitative estimate of drug-likeness (QED) is 0.311. The van der Waals surface area contributed by atoms with Crippen LogP contribution in [0.4, 0.5) is 14.9 Å². The Morgan fingerprint density at radius 1 is 1.24 bits per heavy atom. The largest absolute Gasteiger partial charge is 0.490 e. The van der Waals surface area contributed by atoms with Crippen LogP contribution in [0.25, 0.3) is 22.6 Å². The van der Waals surface area contributed by atoms with Gasteiger partial charge < -0.3 is 29.6 Å². The molecule has 208 valence electrons. The molecule has 38 heavy (non-hydrogen) atoms. The average molecular weight is 530 g/mol. The summed E-state index contributed by atoms with van der Waals surface area (Å²) in [4.78, 5) is 24.9. The lowest BCUT2D eigenvalue weighted by atomic mass is 10.2.